The number of rotatable bonds is 6. The van der Waals surface area contributed by atoms with Crippen LogP contribution in [-0.2, 0) is 0 Å². The SMILES string of the molecule is Cc1cc(Nc2cnnc(NCCN(C)C)n2)ccc1Br. The Morgan fingerprint density at radius 1 is 1.29 bits per heavy atom. The van der Waals surface area contributed by atoms with E-state index in [1.807, 2.05) is 39.2 Å². The summed E-state index contributed by atoms with van der Waals surface area (Å²) in [5.41, 5.74) is 2.13. The standard InChI is InChI=1S/C14H19BrN6/c1-10-8-11(4-5-12(10)15)18-13-9-17-20-14(19-13)16-6-7-21(2)3/h4-5,8-9H,6-7H2,1-3H3,(H2,16,18,19,20). The molecule has 21 heavy (non-hydrogen) atoms. The number of aryl methyl sites for hydroxylation is 1. The lowest BCUT2D eigenvalue weighted by Crippen LogP contribution is -2.21. The molecule has 0 spiro atoms. The summed E-state index contributed by atoms with van der Waals surface area (Å²) in [4.78, 5) is 6.48. The van der Waals surface area contributed by atoms with Gasteiger partial charge in [0.15, 0.2) is 5.82 Å². The van der Waals surface area contributed by atoms with Crippen LogP contribution in [0.3, 0.4) is 0 Å². The van der Waals surface area contributed by atoms with Gasteiger partial charge in [-0.1, -0.05) is 15.9 Å². The smallest absolute Gasteiger partial charge is 0.244 e. The molecule has 1 aromatic heterocycles. The average molecular weight is 351 g/mol. The Morgan fingerprint density at radius 3 is 2.81 bits per heavy atom. The molecular weight excluding hydrogens is 332 g/mol. The van der Waals surface area contributed by atoms with Gasteiger partial charge in [0, 0.05) is 23.2 Å². The van der Waals surface area contributed by atoms with Crippen molar-refractivity contribution in [3.05, 3.63) is 34.4 Å². The number of nitrogens with zero attached hydrogens (tertiary/aromatic N) is 4. The van der Waals surface area contributed by atoms with E-state index in [-0.39, 0.29) is 0 Å². The Morgan fingerprint density at radius 2 is 2.10 bits per heavy atom. The van der Waals surface area contributed by atoms with Crippen molar-refractivity contribution in [2.75, 3.05) is 37.8 Å². The summed E-state index contributed by atoms with van der Waals surface area (Å²) in [5.74, 6) is 1.19. The molecule has 0 radical (unpaired) electrons. The summed E-state index contributed by atoms with van der Waals surface area (Å²) in [6.45, 7) is 3.73. The highest BCUT2D eigenvalue weighted by atomic mass is 79.9. The van der Waals surface area contributed by atoms with E-state index in [2.05, 4.69) is 46.6 Å². The van der Waals surface area contributed by atoms with Crippen LogP contribution in [0.25, 0.3) is 0 Å². The van der Waals surface area contributed by atoms with Crippen molar-refractivity contribution < 1.29 is 0 Å². The molecule has 1 heterocycles. The molecule has 0 unspecified atom stereocenters. The van der Waals surface area contributed by atoms with Gasteiger partial charge < -0.3 is 15.5 Å². The van der Waals surface area contributed by atoms with Crippen molar-refractivity contribution in [1.29, 1.82) is 0 Å². The van der Waals surface area contributed by atoms with E-state index in [4.69, 9.17) is 0 Å². The lowest BCUT2D eigenvalue weighted by atomic mass is 10.2. The van der Waals surface area contributed by atoms with E-state index >= 15 is 0 Å². The van der Waals surface area contributed by atoms with Gasteiger partial charge in [0.05, 0.1) is 6.20 Å². The van der Waals surface area contributed by atoms with E-state index in [0.717, 1.165) is 28.8 Å². The predicted octanol–water partition coefficient (Wildman–Crippen LogP) is 2.66. The highest BCUT2D eigenvalue weighted by molar-refractivity contribution is 9.10. The fraction of sp³-hybridized carbons (Fsp3) is 0.357. The van der Waals surface area contributed by atoms with Crippen LogP contribution >= 0.6 is 15.9 Å². The maximum absolute atomic E-state index is 4.39. The molecule has 2 aromatic rings. The minimum Gasteiger partial charge on any atom is -0.352 e. The molecule has 0 bridgehead atoms. The van der Waals surface area contributed by atoms with Crippen LogP contribution in [0.1, 0.15) is 5.56 Å². The lowest BCUT2D eigenvalue weighted by Gasteiger charge is -2.11. The predicted molar refractivity (Wildman–Crippen MR) is 89.0 cm³/mol. The van der Waals surface area contributed by atoms with Gasteiger partial charge in [-0.05, 0) is 44.8 Å². The third-order valence-electron chi connectivity index (χ3n) is 2.83. The highest BCUT2D eigenvalue weighted by Gasteiger charge is 2.02. The first-order valence-corrected chi connectivity index (χ1v) is 7.45. The Bertz CT molecular complexity index is 602. The number of anilines is 3. The number of halogens is 1. The molecule has 0 aliphatic heterocycles. The first-order valence-electron chi connectivity index (χ1n) is 6.66. The summed E-state index contributed by atoms with van der Waals surface area (Å²) in [5, 5.41) is 14.3. The Hall–Kier alpha value is -1.73. The lowest BCUT2D eigenvalue weighted by molar-refractivity contribution is 0.425. The van der Waals surface area contributed by atoms with Gasteiger partial charge in [-0.3, -0.25) is 0 Å². The van der Waals surface area contributed by atoms with Gasteiger partial charge in [-0.2, -0.15) is 10.1 Å². The largest absolute Gasteiger partial charge is 0.352 e. The number of aromatic nitrogens is 3. The normalized spacial score (nSPS) is 10.7. The Balaban J connectivity index is 2.01. The number of hydrogen-bond donors (Lipinski definition) is 2. The molecule has 112 valence electrons. The third-order valence-corrected chi connectivity index (χ3v) is 3.72. The van der Waals surface area contributed by atoms with Crippen LogP contribution in [0.4, 0.5) is 17.5 Å². The van der Waals surface area contributed by atoms with Gasteiger partial charge in [-0.25, -0.2) is 0 Å². The summed E-state index contributed by atoms with van der Waals surface area (Å²) < 4.78 is 1.08. The molecule has 0 fully saturated rings. The van der Waals surface area contributed by atoms with Crippen molar-refractivity contribution >= 4 is 33.4 Å². The van der Waals surface area contributed by atoms with E-state index in [0.29, 0.717) is 11.8 Å². The minimum atomic E-state index is 0.524. The van der Waals surface area contributed by atoms with Crippen LogP contribution in [0.15, 0.2) is 28.9 Å². The molecule has 0 aliphatic carbocycles. The average Bonchev–Trinajstić information content (AvgIpc) is 2.43. The van der Waals surface area contributed by atoms with Crippen LogP contribution in [-0.4, -0.2) is 47.3 Å². The molecule has 0 saturated heterocycles. The van der Waals surface area contributed by atoms with Crippen molar-refractivity contribution in [2.24, 2.45) is 0 Å². The van der Waals surface area contributed by atoms with Gasteiger partial charge in [0.2, 0.25) is 5.95 Å². The molecule has 0 aliphatic rings. The molecule has 2 rings (SSSR count). The topological polar surface area (TPSA) is 66.0 Å². The second-order valence-electron chi connectivity index (χ2n) is 4.98. The van der Waals surface area contributed by atoms with Crippen molar-refractivity contribution in [1.82, 2.24) is 20.1 Å². The first kappa shape index (κ1) is 15.7. The van der Waals surface area contributed by atoms with Gasteiger partial charge in [0.25, 0.3) is 0 Å². The van der Waals surface area contributed by atoms with Crippen LogP contribution in [0.5, 0.6) is 0 Å². The maximum atomic E-state index is 4.39. The molecule has 1 aromatic carbocycles. The zero-order valence-electron chi connectivity index (χ0n) is 12.4. The summed E-state index contributed by atoms with van der Waals surface area (Å²) in [7, 11) is 4.04. The Kier molecular flexibility index (Phi) is 5.46. The first-order chi connectivity index (χ1) is 10.0. The highest BCUT2D eigenvalue weighted by Crippen LogP contribution is 2.22. The second-order valence-corrected chi connectivity index (χ2v) is 5.84. The molecule has 0 saturated carbocycles. The zero-order valence-corrected chi connectivity index (χ0v) is 14.0. The quantitative estimate of drug-likeness (QED) is 0.834. The van der Waals surface area contributed by atoms with Crippen molar-refractivity contribution in [3.63, 3.8) is 0 Å². The Labute approximate surface area is 133 Å². The molecule has 0 amide bonds. The monoisotopic (exact) mass is 350 g/mol. The summed E-state index contributed by atoms with van der Waals surface area (Å²) in [6.07, 6.45) is 1.61. The summed E-state index contributed by atoms with van der Waals surface area (Å²) in [6, 6.07) is 6.03. The molecule has 2 N–H and O–H groups in total. The molecule has 0 atom stereocenters. The van der Waals surface area contributed by atoms with E-state index in [9.17, 15) is 0 Å². The number of benzene rings is 1. The minimum absolute atomic E-state index is 0.524. The van der Waals surface area contributed by atoms with E-state index < -0.39 is 0 Å². The fourth-order valence-electron chi connectivity index (χ4n) is 1.70. The van der Waals surface area contributed by atoms with E-state index in [1.165, 1.54) is 0 Å². The van der Waals surface area contributed by atoms with Crippen LogP contribution in [0.2, 0.25) is 0 Å². The maximum Gasteiger partial charge on any atom is 0.244 e. The molecule has 6 nitrogen and oxygen atoms in total. The molecular formula is C14H19BrN6. The summed E-state index contributed by atoms with van der Waals surface area (Å²) >= 11 is 3.49. The second kappa shape index (κ2) is 7.33. The van der Waals surface area contributed by atoms with Gasteiger partial charge in [-0.15, -0.1) is 5.10 Å². The molecule has 7 heteroatoms. The van der Waals surface area contributed by atoms with Crippen molar-refractivity contribution in [3.8, 4) is 0 Å². The number of hydrogen-bond acceptors (Lipinski definition) is 6. The third kappa shape index (κ3) is 4.95. The van der Waals surface area contributed by atoms with Gasteiger partial charge in [0.1, 0.15) is 0 Å². The number of likely N-dealkylation sites (N-methyl/N-ethyl adjacent to an activating group) is 1. The van der Waals surface area contributed by atoms with E-state index in [1.54, 1.807) is 6.20 Å². The van der Waals surface area contributed by atoms with Gasteiger partial charge >= 0.3 is 0 Å². The van der Waals surface area contributed by atoms with Crippen LogP contribution < -0.4 is 10.6 Å². The van der Waals surface area contributed by atoms with Crippen LogP contribution in [0, 0.1) is 6.92 Å². The number of nitrogens with one attached hydrogen (secondary N) is 2. The zero-order chi connectivity index (χ0) is 15.2. The fourth-order valence-corrected chi connectivity index (χ4v) is 1.95. The van der Waals surface area contributed by atoms with Crippen molar-refractivity contribution in [2.45, 2.75) is 6.92 Å².